The lowest BCUT2D eigenvalue weighted by atomic mass is 9.65. The van der Waals surface area contributed by atoms with E-state index in [4.69, 9.17) is 0 Å². The largest absolute Gasteiger partial charge is 0.355 e. The average molecular weight is 294 g/mol. The third kappa shape index (κ3) is 3.05. The quantitative estimate of drug-likeness (QED) is 0.638. The molecular formula is C17H34N4. The van der Waals surface area contributed by atoms with Crippen LogP contribution >= 0.6 is 0 Å². The van der Waals surface area contributed by atoms with E-state index in [-0.39, 0.29) is 5.54 Å². The molecule has 0 aliphatic carbocycles. The van der Waals surface area contributed by atoms with Crippen molar-refractivity contribution in [2.45, 2.75) is 65.5 Å². The summed E-state index contributed by atoms with van der Waals surface area (Å²) >= 11 is 0. The van der Waals surface area contributed by atoms with E-state index in [2.05, 4.69) is 54.7 Å². The summed E-state index contributed by atoms with van der Waals surface area (Å²) in [5.41, 5.74) is 0.522. The molecule has 0 aromatic carbocycles. The van der Waals surface area contributed by atoms with E-state index in [9.17, 15) is 0 Å². The van der Waals surface area contributed by atoms with Crippen molar-refractivity contribution in [3.8, 4) is 0 Å². The van der Waals surface area contributed by atoms with E-state index >= 15 is 0 Å². The Morgan fingerprint density at radius 1 is 1.19 bits per heavy atom. The van der Waals surface area contributed by atoms with Gasteiger partial charge in [0.2, 0.25) is 0 Å². The second-order valence-corrected chi connectivity index (χ2v) is 7.76. The van der Waals surface area contributed by atoms with Gasteiger partial charge >= 0.3 is 0 Å². The van der Waals surface area contributed by atoms with Gasteiger partial charge in [-0.05, 0) is 46.2 Å². The smallest absolute Gasteiger partial charge is 0.194 e. The van der Waals surface area contributed by atoms with Crippen LogP contribution in [0, 0.1) is 5.41 Å². The number of hydrogen-bond donors (Lipinski definition) is 1. The van der Waals surface area contributed by atoms with Crippen molar-refractivity contribution in [1.82, 2.24) is 15.1 Å². The van der Waals surface area contributed by atoms with Crippen molar-refractivity contribution in [2.75, 3.05) is 33.2 Å². The summed E-state index contributed by atoms with van der Waals surface area (Å²) in [4.78, 5) is 9.57. The molecule has 0 bridgehead atoms. The van der Waals surface area contributed by atoms with Gasteiger partial charge in [0.05, 0.1) is 0 Å². The highest BCUT2D eigenvalue weighted by Crippen LogP contribution is 2.46. The summed E-state index contributed by atoms with van der Waals surface area (Å²) in [5, 5.41) is 3.63. The maximum atomic E-state index is 4.52. The van der Waals surface area contributed by atoms with E-state index < -0.39 is 0 Å². The molecular weight excluding hydrogens is 260 g/mol. The molecule has 0 amide bonds. The molecule has 0 spiro atoms. The normalized spacial score (nSPS) is 26.6. The molecule has 1 unspecified atom stereocenters. The first kappa shape index (κ1) is 16.6. The zero-order valence-corrected chi connectivity index (χ0v) is 14.9. The summed E-state index contributed by atoms with van der Waals surface area (Å²) in [5.74, 6) is 1.07. The molecule has 4 heteroatoms. The standard InChI is InChI=1S/C17H34N4/c1-7-14(20-10-8-9-11-20)12-19-15(18-6)21-13-16(2,3)17(21,4)5/h14H,7-13H2,1-6H3,(H,18,19). The molecule has 0 radical (unpaired) electrons. The Hall–Kier alpha value is -0.770. The van der Waals surface area contributed by atoms with Crippen LogP contribution in [0.25, 0.3) is 0 Å². The Balaban J connectivity index is 1.91. The van der Waals surface area contributed by atoms with Crippen molar-refractivity contribution in [2.24, 2.45) is 10.4 Å². The van der Waals surface area contributed by atoms with Crippen molar-refractivity contribution in [3.05, 3.63) is 0 Å². The molecule has 2 aliphatic heterocycles. The van der Waals surface area contributed by atoms with Gasteiger partial charge in [-0.15, -0.1) is 0 Å². The second-order valence-electron chi connectivity index (χ2n) is 7.76. The number of guanidine groups is 1. The minimum Gasteiger partial charge on any atom is -0.355 e. The Morgan fingerprint density at radius 2 is 1.81 bits per heavy atom. The molecule has 4 nitrogen and oxygen atoms in total. The Kier molecular flexibility index (Phi) is 4.86. The van der Waals surface area contributed by atoms with Gasteiger partial charge in [-0.1, -0.05) is 20.8 Å². The lowest BCUT2D eigenvalue weighted by Crippen LogP contribution is -2.72. The third-order valence-corrected chi connectivity index (χ3v) is 5.98. The Bertz CT molecular complexity index is 380. The van der Waals surface area contributed by atoms with Crippen LogP contribution in [0.4, 0.5) is 0 Å². The summed E-state index contributed by atoms with van der Waals surface area (Å²) in [6.07, 6.45) is 3.93. The molecule has 1 atom stereocenters. The van der Waals surface area contributed by atoms with Gasteiger partial charge in [0.15, 0.2) is 5.96 Å². The lowest BCUT2D eigenvalue weighted by molar-refractivity contribution is -0.0668. The van der Waals surface area contributed by atoms with Crippen LogP contribution in [-0.4, -0.2) is 60.6 Å². The van der Waals surface area contributed by atoms with Gasteiger partial charge < -0.3 is 10.2 Å². The van der Waals surface area contributed by atoms with Crippen molar-refractivity contribution < 1.29 is 0 Å². The maximum Gasteiger partial charge on any atom is 0.194 e. The van der Waals surface area contributed by atoms with Crippen molar-refractivity contribution >= 4 is 5.96 Å². The van der Waals surface area contributed by atoms with Crippen LogP contribution in [0.3, 0.4) is 0 Å². The number of likely N-dealkylation sites (tertiary alicyclic amines) is 2. The summed E-state index contributed by atoms with van der Waals surface area (Å²) in [6.45, 7) is 16.2. The SMILES string of the molecule is CCC(CNC(=NC)N1CC(C)(C)C1(C)C)N1CCCC1. The van der Waals surface area contributed by atoms with Crippen LogP contribution in [0.1, 0.15) is 53.9 Å². The van der Waals surface area contributed by atoms with E-state index in [1.165, 1.54) is 32.4 Å². The molecule has 0 aromatic rings. The molecule has 2 saturated heterocycles. The molecule has 0 saturated carbocycles. The number of aliphatic imine (C=N–C) groups is 1. The molecule has 2 heterocycles. The first-order valence-corrected chi connectivity index (χ1v) is 8.56. The van der Waals surface area contributed by atoms with Gasteiger partial charge in [-0.3, -0.25) is 9.89 Å². The minimum atomic E-state index is 0.171. The number of hydrogen-bond acceptors (Lipinski definition) is 2. The van der Waals surface area contributed by atoms with E-state index in [1.807, 2.05) is 7.05 Å². The fourth-order valence-electron chi connectivity index (χ4n) is 3.54. The molecule has 0 aromatic heterocycles. The summed E-state index contributed by atoms with van der Waals surface area (Å²) < 4.78 is 0. The van der Waals surface area contributed by atoms with Gasteiger partial charge in [0.25, 0.3) is 0 Å². The zero-order chi connectivity index (χ0) is 15.7. The number of nitrogens with one attached hydrogen (secondary N) is 1. The van der Waals surface area contributed by atoms with Crippen LogP contribution < -0.4 is 5.32 Å². The van der Waals surface area contributed by atoms with Gasteiger partial charge in [0.1, 0.15) is 0 Å². The van der Waals surface area contributed by atoms with Crippen molar-refractivity contribution in [1.29, 1.82) is 0 Å². The number of rotatable bonds is 4. The van der Waals surface area contributed by atoms with Gasteiger partial charge in [-0.2, -0.15) is 0 Å². The van der Waals surface area contributed by atoms with Crippen LogP contribution in [0.5, 0.6) is 0 Å². The highest BCUT2D eigenvalue weighted by atomic mass is 15.4. The highest BCUT2D eigenvalue weighted by Gasteiger charge is 2.53. The van der Waals surface area contributed by atoms with Gasteiger partial charge in [0, 0.05) is 37.1 Å². The van der Waals surface area contributed by atoms with E-state index in [0.717, 1.165) is 19.0 Å². The predicted octanol–water partition coefficient (Wildman–Crippen LogP) is 2.56. The number of nitrogens with zero attached hydrogens (tertiary/aromatic N) is 3. The third-order valence-electron chi connectivity index (χ3n) is 5.98. The van der Waals surface area contributed by atoms with Gasteiger partial charge in [-0.25, -0.2) is 0 Å². The summed E-state index contributed by atoms with van der Waals surface area (Å²) in [7, 11) is 1.90. The fraction of sp³-hybridized carbons (Fsp3) is 0.941. The Morgan fingerprint density at radius 3 is 2.24 bits per heavy atom. The van der Waals surface area contributed by atoms with E-state index in [0.29, 0.717) is 11.5 Å². The topological polar surface area (TPSA) is 30.9 Å². The molecule has 1 N–H and O–H groups in total. The molecule has 2 fully saturated rings. The monoisotopic (exact) mass is 294 g/mol. The first-order valence-electron chi connectivity index (χ1n) is 8.56. The Labute approximate surface area is 131 Å². The molecule has 2 aliphatic rings. The minimum absolute atomic E-state index is 0.171. The first-order chi connectivity index (χ1) is 9.83. The van der Waals surface area contributed by atoms with Crippen molar-refractivity contribution in [3.63, 3.8) is 0 Å². The maximum absolute atomic E-state index is 4.52. The molecule has 2 rings (SSSR count). The van der Waals surface area contributed by atoms with Crippen LogP contribution in [0.15, 0.2) is 4.99 Å². The fourth-order valence-corrected chi connectivity index (χ4v) is 3.54. The molecule has 122 valence electrons. The average Bonchev–Trinajstić information content (AvgIpc) is 2.96. The van der Waals surface area contributed by atoms with E-state index in [1.54, 1.807) is 0 Å². The lowest BCUT2D eigenvalue weighted by Gasteiger charge is -2.62. The summed E-state index contributed by atoms with van der Waals surface area (Å²) in [6, 6.07) is 0.640. The highest BCUT2D eigenvalue weighted by molar-refractivity contribution is 5.82. The second kappa shape index (κ2) is 6.15. The zero-order valence-electron chi connectivity index (χ0n) is 14.9. The predicted molar refractivity (Wildman–Crippen MR) is 90.8 cm³/mol. The molecule has 21 heavy (non-hydrogen) atoms. The van der Waals surface area contributed by atoms with Crippen LogP contribution in [-0.2, 0) is 0 Å². The van der Waals surface area contributed by atoms with Crippen LogP contribution in [0.2, 0.25) is 0 Å².